The van der Waals surface area contributed by atoms with Crippen LogP contribution in [-0.2, 0) is 0 Å². The minimum absolute atomic E-state index is 0.523. The van der Waals surface area contributed by atoms with Gasteiger partial charge in [-0.2, -0.15) is 0 Å². The maximum atomic E-state index is 3.55. The largest absolute Gasteiger partial charge is 0.310 e. The third kappa shape index (κ3) is 2.55. The fourth-order valence-corrected chi connectivity index (χ4v) is 1.32. The van der Waals surface area contributed by atoms with Crippen molar-refractivity contribution >= 4 is 0 Å². The first-order valence-electron chi connectivity index (χ1n) is 4.47. The number of hydrogen-bond donors (Lipinski definition) is 1. The van der Waals surface area contributed by atoms with E-state index in [9.17, 15) is 0 Å². The van der Waals surface area contributed by atoms with Crippen LogP contribution in [-0.4, -0.2) is 12.1 Å². The first kappa shape index (κ1) is 8.62. The van der Waals surface area contributed by atoms with Crippen molar-refractivity contribution in [3.63, 3.8) is 0 Å². The molecule has 0 bridgehead atoms. The lowest BCUT2D eigenvalue weighted by Gasteiger charge is -2.12. The number of nitrogens with one attached hydrogen (secondary N) is 1. The van der Waals surface area contributed by atoms with Crippen LogP contribution in [0.3, 0.4) is 0 Å². The van der Waals surface area contributed by atoms with Crippen molar-refractivity contribution in [3.05, 3.63) is 0 Å². The summed E-state index contributed by atoms with van der Waals surface area (Å²) in [5.41, 5.74) is 0.523. The van der Waals surface area contributed by atoms with Gasteiger partial charge in [0.05, 0.1) is 0 Å². The SMILES string of the molecule is CC#CCCNC1(CC)CC1. The van der Waals surface area contributed by atoms with Gasteiger partial charge in [0.25, 0.3) is 0 Å². The third-order valence-corrected chi connectivity index (χ3v) is 2.46. The van der Waals surface area contributed by atoms with Gasteiger partial charge < -0.3 is 5.32 Å². The van der Waals surface area contributed by atoms with E-state index < -0.39 is 0 Å². The molecule has 0 heterocycles. The van der Waals surface area contributed by atoms with Crippen LogP contribution < -0.4 is 5.32 Å². The van der Waals surface area contributed by atoms with E-state index in [1.54, 1.807) is 0 Å². The summed E-state index contributed by atoms with van der Waals surface area (Å²) < 4.78 is 0. The Labute approximate surface area is 69.6 Å². The summed E-state index contributed by atoms with van der Waals surface area (Å²) >= 11 is 0. The summed E-state index contributed by atoms with van der Waals surface area (Å²) in [6.45, 7) is 5.22. The topological polar surface area (TPSA) is 12.0 Å². The summed E-state index contributed by atoms with van der Waals surface area (Å²) in [6, 6.07) is 0. The van der Waals surface area contributed by atoms with Crippen molar-refractivity contribution in [2.75, 3.05) is 6.54 Å². The van der Waals surface area contributed by atoms with E-state index in [2.05, 4.69) is 24.1 Å². The van der Waals surface area contributed by atoms with E-state index in [1.165, 1.54) is 19.3 Å². The van der Waals surface area contributed by atoms with Gasteiger partial charge in [-0.25, -0.2) is 0 Å². The molecule has 11 heavy (non-hydrogen) atoms. The quantitative estimate of drug-likeness (QED) is 0.478. The van der Waals surface area contributed by atoms with E-state index in [1.807, 2.05) is 6.92 Å². The Bertz CT molecular complexity index is 169. The van der Waals surface area contributed by atoms with Gasteiger partial charge >= 0.3 is 0 Å². The molecule has 1 nitrogen and oxygen atoms in total. The van der Waals surface area contributed by atoms with E-state index in [4.69, 9.17) is 0 Å². The molecule has 0 aliphatic heterocycles. The zero-order valence-electron chi connectivity index (χ0n) is 7.54. The van der Waals surface area contributed by atoms with Crippen molar-refractivity contribution in [2.24, 2.45) is 0 Å². The maximum Gasteiger partial charge on any atom is 0.0214 e. The smallest absolute Gasteiger partial charge is 0.0214 e. The number of rotatable bonds is 4. The first-order chi connectivity index (χ1) is 5.33. The van der Waals surface area contributed by atoms with Gasteiger partial charge in [-0.1, -0.05) is 6.92 Å². The minimum Gasteiger partial charge on any atom is -0.310 e. The molecule has 0 aromatic rings. The molecule has 1 rings (SSSR count). The van der Waals surface area contributed by atoms with Gasteiger partial charge in [-0.05, 0) is 26.2 Å². The molecule has 1 aliphatic carbocycles. The molecule has 1 heteroatoms. The molecule has 1 N–H and O–H groups in total. The molecule has 0 unspecified atom stereocenters. The lowest BCUT2D eigenvalue weighted by Crippen LogP contribution is -2.30. The van der Waals surface area contributed by atoms with Crippen LogP contribution in [0.25, 0.3) is 0 Å². The summed E-state index contributed by atoms with van der Waals surface area (Å²) in [4.78, 5) is 0. The lowest BCUT2D eigenvalue weighted by atomic mass is 10.2. The highest BCUT2D eigenvalue weighted by atomic mass is 15.0. The monoisotopic (exact) mass is 151 g/mol. The highest BCUT2D eigenvalue weighted by molar-refractivity contribution is 5.02. The van der Waals surface area contributed by atoms with Crippen molar-refractivity contribution in [3.8, 4) is 11.8 Å². The molecule has 62 valence electrons. The molecule has 0 aromatic heterocycles. The number of hydrogen-bond acceptors (Lipinski definition) is 1. The fraction of sp³-hybridized carbons (Fsp3) is 0.800. The zero-order valence-corrected chi connectivity index (χ0v) is 7.54. The van der Waals surface area contributed by atoms with Crippen LogP contribution >= 0.6 is 0 Å². The van der Waals surface area contributed by atoms with Gasteiger partial charge in [0.15, 0.2) is 0 Å². The molecule has 0 spiro atoms. The Kier molecular flexibility index (Phi) is 2.96. The zero-order chi connectivity index (χ0) is 8.16. The van der Waals surface area contributed by atoms with Crippen LogP contribution in [0.1, 0.15) is 39.5 Å². The Morgan fingerprint density at radius 1 is 1.45 bits per heavy atom. The standard InChI is InChI=1S/C10H17N/c1-3-5-6-9-11-10(4-2)7-8-10/h11H,4,6-9H2,1-2H3. The van der Waals surface area contributed by atoms with E-state index >= 15 is 0 Å². The molecule has 0 aromatic carbocycles. The van der Waals surface area contributed by atoms with Gasteiger partial charge in [0.1, 0.15) is 0 Å². The molecule has 0 saturated heterocycles. The van der Waals surface area contributed by atoms with E-state index in [0.29, 0.717) is 5.54 Å². The molecule has 0 amide bonds. The van der Waals surface area contributed by atoms with Crippen LogP contribution in [0.2, 0.25) is 0 Å². The second-order valence-electron chi connectivity index (χ2n) is 3.24. The van der Waals surface area contributed by atoms with E-state index in [-0.39, 0.29) is 0 Å². The molecule has 1 saturated carbocycles. The molecule has 1 aliphatic rings. The van der Waals surface area contributed by atoms with Crippen LogP contribution in [0.15, 0.2) is 0 Å². The van der Waals surface area contributed by atoms with Crippen molar-refractivity contribution in [1.82, 2.24) is 5.32 Å². The fourth-order valence-electron chi connectivity index (χ4n) is 1.32. The average molecular weight is 151 g/mol. The third-order valence-electron chi connectivity index (χ3n) is 2.46. The van der Waals surface area contributed by atoms with E-state index in [0.717, 1.165) is 13.0 Å². The van der Waals surface area contributed by atoms with Crippen molar-refractivity contribution in [1.29, 1.82) is 0 Å². The van der Waals surface area contributed by atoms with Crippen LogP contribution in [0, 0.1) is 11.8 Å². The predicted molar refractivity (Wildman–Crippen MR) is 48.3 cm³/mol. The summed E-state index contributed by atoms with van der Waals surface area (Å²) in [6.07, 6.45) is 5.00. The van der Waals surface area contributed by atoms with Gasteiger partial charge in [0.2, 0.25) is 0 Å². The summed E-state index contributed by atoms with van der Waals surface area (Å²) in [5.74, 6) is 5.96. The van der Waals surface area contributed by atoms with Gasteiger partial charge in [0, 0.05) is 18.5 Å². The normalized spacial score (nSPS) is 18.7. The van der Waals surface area contributed by atoms with Crippen LogP contribution in [0.4, 0.5) is 0 Å². The Morgan fingerprint density at radius 2 is 2.18 bits per heavy atom. The molecular weight excluding hydrogens is 134 g/mol. The maximum absolute atomic E-state index is 3.55. The minimum atomic E-state index is 0.523. The lowest BCUT2D eigenvalue weighted by molar-refractivity contribution is 0.490. The predicted octanol–water partition coefficient (Wildman–Crippen LogP) is 1.93. The Hall–Kier alpha value is -0.480. The molecule has 0 atom stereocenters. The second kappa shape index (κ2) is 3.78. The van der Waals surface area contributed by atoms with Crippen molar-refractivity contribution < 1.29 is 0 Å². The molecular formula is C10H17N. The van der Waals surface area contributed by atoms with Crippen LogP contribution in [0.5, 0.6) is 0 Å². The first-order valence-corrected chi connectivity index (χ1v) is 4.47. The summed E-state index contributed by atoms with van der Waals surface area (Å²) in [5, 5.41) is 3.55. The Morgan fingerprint density at radius 3 is 2.64 bits per heavy atom. The van der Waals surface area contributed by atoms with Gasteiger partial charge in [-0.3, -0.25) is 0 Å². The summed E-state index contributed by atoms with van der Waals surface area (Å²) in [7, 11) is 0. The highest BCUT2D eigenvalue weighted by Crippen LogP contribution is 2.37. The Balaban J connectivity index is 2.06. The highest BCUT2D eigenvalue weighted by Gasteiger charge is 2.39. The van der Waals surface area contributed by atoms with Gasteiger partial charge in [-0.15, -0.1) is 11.8 Å². The average Bonchev–Trinajstić information content (AvgIpc) is 2.80. The molecule has 1 fully saturated rings. The second-order valence-corrected chi connectivity index (χ2v) is 3.24. The van der Waals surface area contributed by atoms with Crippen molar-refractivity contribution in [2.45, 2.75) is 45.1 Å². The molecule has 0 radical (unpaired) electrons.